The van der Waals surface area contributed by atoms with E-state index in [1.165, 1.54) is 12.2 Å². The largest absolute Gasteiger partial charge is 0.420 e. The van der Waals surface area contributed by atoms with Crippen molar-refractivity contribution in [1.82, 2.24) is 0 Å². The van der Waals surface area contributed by atoms with Gasteiger partial charge in [0.1, 0.15) is 0 Å². The van der Waals surface area contributed by atoms with Crippen molar-refractivity contribution in [2.75, 3.05) is 0 Å². The van der Waals surface area contributed by atoms with E-state index < -0.39 is 24.0 Å². The Balaban J connectivity index is 2.87. The molecule has 78 valence electrons. The zero-order chi connectivity index (χ0) is 10.9. The summed E-state index contributed by atoms with van der Waals surface area (Å²) in [7, 11) is 0. The highest BCUT2D eigenvalue weighted by atomic mass is 79.9. The van der Waals surface area contributed by atoms with Crippen LogP contribution in [0.1, 0.15) is 0 Å². The lowest BCUT2D eigenvalue weighted by Crippen LogP contribution is -2.36. The fraction of sp³-hybridized carbons (Fsp3) is 0.375. The third-order valence-electron chi connectivity index (χ3n) is 1.73. The van der Waals surface area contributed by atoms with Crippen LogP contribution in [0.25, 0.3) is 0 Å². The predicted molar refractivity (Wildman–Crippen MR) is 45.6 cm³/mol. The molecule has 2 unspecified atom stereocenters. The number of Topliss-reactive ketones (excluding diaryl/α,β-unsaturated/α-hetero) is 1. The van der Waals surface area contributed by atoms with Gasteiger partial charge >= 0.3 is 6.18 Å². The second-order valence-electron chi connectivity index (χ2n) is 2.73. The van der Waals surface area contributed by atoms with Crippen LogP contribution in [-0.2, 0) is 4.79 Å². The summed E-state index contributed by atoms with van der Waals surface area (Å²) in [6.45, 7) is 0. The monoisotopic (exact) mass is 272 g/mol. The van der Waals surface area contributed by atoms with E-state index in [0.29, 0.717) is 0 Å². The number of rotatable bonds is 1. The van der Waals surface area contributed by atoms with Gasteiger partial charge in [-0.2, -0.15) is 13.2 Å². The lowest BCUT2D eigenvalue weighted by Gasteiger charge is -2.20. The standard InChI is InChI=1S/C8H5BrF4O/c9-5-3-1-2-4(6(5)14)7(10)8(11,12)13/h1-4,7H. The molecule has 0 saturated carbocycles. The number of halogens is 5. The van der Waals surface area contributed by atoms with Crippen molar-refractivity contribution in [3.8, 4) is 0 Å². The molecular formula is C8H5BrF4O. The molecular weight excluding hydrogens is 268 g/mol. The molecule has 0 aromatic carbocycles. The maximum Gasteiger partial charge on any atom is 0.420 e. The highest BCUT2D eigenvalue weighted by Crippen LogP contribution is 2.33. The van der Waals surface area contributed by atoms with Crippen molar-refractivity contribution in [1.29, 1.82) is 0 Å². The molecule has 0 radical (unpaired) electrons. The molecule has 0 bridgehead atoms. The van der Waals surface area contributed by atoms with Crippen LogP contribution >= 0.6 is 15.9 Å². The SMILES string of the molecule is O=C1C(Br)=CC=CC1C(F)C(F)(F)F. The number of alkyl halides is 4. The summed E-state index contributed by atoms with van der Waals surface area (Å²) in [6.07, 6.45) is -4.75. The zero-order valence-corrected chi connectivity index (χ0v) is 8.27. The molecule has 0 saturated heterocycles. The van der Waals surface area contributed by atoms with Crippen LogP contribution in [0.15, 0.2) is 22.7 Å². The van der Waals surface area contributed by atoms with Gasteiger partial charge in [0.05, 0.1) is 10.4 Å². The first-order valence-corrected chi connectivity index (χ1v) is 4.42. The summed E-state index contributed by atoms with van der Waals surface area (Å²) in [4.78, 5) is 11.1. The Hall–Kier alpha value is -0.650. The van der Waals surface area contributed by atoms with Crippen molar-refractivity contribution in [2.45, 2.75) is 12.3 Å². The Morgan fingerprint density at radius 3 is 2.50 bits per heavy atom. The minimum Gasteiger partial charge on any atom is -0.293 e. The molecule has 6 heteroatoms. The average molecular weight is 273 g/mol. The fourth-order valence-corrected chi connectivity index (χ4v) is 1.44. The molecule has 0 heterocycles. The highest BCUT2D eigenvalue weighted by Gasteiger charge is 2.47. The van der Waals surface area contributed by atoms with E-state index in [9.17, 15) is 22.4 Å². The minimum absolute atomic E-state index is 0.0445. The molecule has 0 aromatic heterocycles. The highest BCUT2D eigenvalue weighted by molar-refractivity contribution is 9.12. The van der Waals surface area contributed by atoms with E-state index in [1.54, 1.807) is 0 Å². The molecule has 0 N–H and O–H groups in total. The van der Waals surface area contributed by atoms with E-state index in [-0.39, 0.29) is 4.48 Å². The second-order valence-corrected chi connectivity index (χ2v) is 3.59. The Bertz CT molecular complexity index is 305. The van der Waals surface area contributed by atoms with Gasteiger partial charge in [-0.05, 0) is 22.0 Å². The van der Waals surface area contributed by atoms with Gasteiger partial charge in [-0.3, -0.25) is 4.79 Å². The Labute approximate surface area is 85.6 Å². The normalized spacial score (nSPS) is 24.8. The molecule has 1 rings (SSSR count). The first kappa shape index (κ1) is 11.4. The molecule has 0 amide bonds. The van der Waals surface area contributed by atoms with Gasteiger partial charge in [0.25, 0.3) is 0 Å². The smallest absolute Gasteiger partial charge is 0.293 e. The van der Waals surface area contributed by atoms with Gasteiger partial charge in [-0.15, -0.1) is 0 Å². The Morgan fingerprint density at radius 1 is 1.43 bits per heavy atom. The quantitative estimate of drug-likeness (QED) is 0.671. The molecule has 0 spiro atoms. The maximum absolute atomic E-state index is 12.8. The van der Waals surface area contributed by atoms with E-state index in [1.807, 2.05) is 0 Å². The van der Waals surface area contributed by atoms with Crippen LogP contribution in [0.4, 0.5) is 17.6 Å². The zero-order valence-electron chi connectivity index (χ0n) is 6.68. The number of carbonyl (C=O) groups is 1. The summed E-state index contributed by atoms with van der Waals surface area (Å²) in [5.41, 5.74) is 0. The van der Waals surface area contributed by atoms with Crippen molar-refractivity contribution < 1.29 is 22.4 Å². The van der Waals surface area contributed by atoms with Crippen molar-refractivity contribution in [3.05, 3.63) is 22.7 Å². The van der Waals surface area contributed by atoms with Gasteiger partial charge in [0.15, 0.2) is 5.78 Å². The van der Waals surface area contributed by atoms with Crippen LogP contribution in [0.2, 0.25) is 0 Å². The van der Waals surface area contributed by atoms with Gasteiger partial charge < -0.3 is 0 Å². The van der Waals surface area contributed by atoms with Gasteiger partial charge in [0, 0.05) is 0 Å². The minimum atomic E-state index is -5.00. The summed E-state index contributed by atoms with van der Waals surface area (Å²) < 4.78 is 48.5. The van der Waals surface area contributed by atoms with Gasteiger partial charge in [0.2, 0.25) is 6.17 Å². The number of carbonyl (C=O) groups excluding carboxylic acids is 1. The summed E-state index contributed by atoms with van der Waals surface area (Å²) in [5.74, 6) is -2.66. The van der Waals surface area contributed by atoms with Crippen molar-refractivity contribution in [3.63, 3.8) is 0 Å². The maximum atomic E-state index is 12.8. The van der Waals surface area contributed by atoms with Crippen LogP contribution < -0.4 is 0 Å². The third-order valence-corrected chi connectivity index (χ3v) is 2.38. The molecule has 0 aromatic rings. The van der Waals surface area contributed by atoms with Crippen molar-refractivity contribution >= 4 is 21.7 Å². The van der Waals surface area contributed by atoms with Crippen LogP contribution in [0.3, 0.4) is 0 Å². The van der Waals surface area contributed by atoms with Crippen LogP contribution in [-0.4, -0.2) is 18.1 Å². The second kappa shape index (κ2) is 3.84. The number of hydrogen-bond acceptors (Lipinski definition) is 1. The topological polar surface area (TPSA) is 17.1 Å². The lowest BCUT2D eigenvalue weighted by atomic mass is 9.94. The molecule has 1 aliphatic carbocycles. The van der Waals surface area contributed by atoms with E-state index >= 15 is 0 Å². The Morgan fingerprint density at radius 2 is 2.00 bits per heavy atom. The fourth-order valence-electron chi connectivity index (χ4n) is 1.02. The third kappa shape index (κ3) is 2.23. The average Bonchev–Trinajstić information content (AvgIpc) is 2.07. The molecule has 1 nitrogen and oxygen atoms in total. The number of hydrogen-bond donors (Lipinski definition) is 0. The van der Waals surface area contributed by atoms with Crippen LogP contribution in [0.5, 0.6) is 0 Å². The molecule has 0 fully saturated rings. The molecule has 14 heavy (non-hydrogen) atoms. The van der Waals surface area contributed by atoms with Crippen molar-refractivity contribution in [2.24, 2.45) is 5.92 Å². The predicted octanol–water partition coefficient (Wildman–Crippen LogP) is 2.92. The first-order valence-electron chi connectivity index (χ1n) is 3.63. The van der Waals surface area contributed by atoms with Crippen LogP contribution in [0, 0.1) is 5.92 Å². The van der Waals surface area contributed by atoms with Gasteiger partial charge in [-0.1, -0.05) is 12.2 Å². The van der Waals surface area contributed by atoms with E-state index in [0.717, 1.165) is 6.08 Å². The first-order chi connectivity index (χ1) is 6.34. The molecule has 1 aliphatic rings. The Kier molecular flexibility index (Phi) is 3.14. The van der Waals surface area contributed by atoms with E-state index in [2.05, 4.69) is 15.9 Å². The molecule has 0 aliphatic heterocycles. The van der Waals surface area contributed by atoms with Gasteiger partial charge in [-0.25, -0.2) is 4.39 Å². The lowest BCUT2D eigenvalue weighted by molar-refractivity contribution is -0.191. The summed E-state index contributed by atoms with van der Waals surface area (Å²) in [5, 5.41) is 0. The summed E-state index contributed by atoms with van der Waals surface area (Å²) >= 11 is 2.76. The number of ketones is 1. The number of allylic oxidation sites excluding steroid dienone is 4. The molecule has 2 atom stereocenters. The van der Waals surface area contributed by atoms with E-state index in [4.69, 9.17) is 0 Å². The summed E-state index contributed by atoms with van der Waals surface area (Å²) in [6, 6.07) is 0.